The standard InChI is InChI=1S/C10H14N4S/c1-14-3-2-8(7-14)5-12-10-13-6-9(4-11)15-10/h6,8H,2-3,5,7H2,1H3,(H,12,13). The first-order valence-corrected chi connectivity index (χ1v) is 5.88. The first-order chi connectivity index (χ1) is 7.28. The van der Waals surface area contributed by atoms with E-state index < -0.39 is 0 Å². The van der Waals surface area contributed by atoms with Crippen LogP contribution in [-0.4, -0.2) is 36.6 Å². The largest absolute Gasteiger partial charge is 0.361 e. The Kier molecular flexibility index (Phi) is 3.19. The predicted molar refractivity (Wildman–Crippen MR) is 60.9 cm³/mol. The molecule has 1 atom stereocenters. The Balaban J connectivity index is 1.81. The molecule has 1 saturated heterocycles. The van der Waals surface area contributed by atoms with Crippen molar-refractivity contribution in [3.8, 4) is 6.07 Å². The Morgan fingerprint density at radius 2 is 2.67 bits per heavy atom. The van der Waals surface area contributed by atoms with E-state index in [4.69, 9.17) is 5.26 Å². The highest BCUT2D eigenvalue weighted by Crippen LogP contribution is 2.19. The Morgan fingerprint density at radius 3 is 3.27 bits per heavy atom. The molecule has 4 nitrogen and oxygen atoms in total. The summed E-state index contributed by atoms with van der Waals surface area (Å²) in [5.41, 5.74) is 0. The lowest BCUT2D eigenvalue weighted by Gasteiger charge is -2.10. The molecule has 0 spiro atoms. The molecule has 0 aromatic carbocycles. The second kappa shape index (κ2) is 4.60. The van der Waals surface area contributed by atoms with Crippen LogP contribution in [0, 0.1) is 17.2 Å². The van der Waals surface area contributed by atoms with E-state index in [0.29, 0.717) is 10.8 Å². The van der Waals surface area contributed by atoms with Gasteiger partial charge in [0, 0.05) is 13.1 Å². The van der Waals surface area contributed by atoms with E-state index in [9.17, 15) is 0 Å². The molecule has 1 aliphatic rings. The van der Waals surface area contributed by atoms with Crippen molar-refractivity contribution in [2.24, 2.45) is 5.92 Å². The number of hydrogen-bond acceptors (Lipinski definition) is 5. The van der Waals surface area contributed by atoms with Crippen LogP contribution in [0.25, 0.3) is 0 Å². The predicted octanol–water partition coefficient (Wildman–Crippen LogP) is 1.38. The lowest BCUT2D eigenvalue weighted by molar-refractivity contribution is 0.399. The minimum atomic E-state index is 0.668. The van der Waals surface area contributed by atoms with Gasteiger partial charge in [-0.3, -0.25) is 0 Å². The number of aromatic nitrogens is 1. The molecular formula is C10H14N4S. The average Bonchev–Trinajstić information content (AvgIpc) is 2.83. The molecule has 1 fully saturated rings. The molecule has 1 aromatic rings. The van der Waals surface area contributed by atoms with Crippen LogP contribution in [0.2, 0.25) is 0 Å². The zero-order valence-electron chi connectivity index (χ0n) is 8.73. The van der Waals surface area contributed by atoms with Gasteiger partial charge in [-0.15, -0.1) is 0 Å². The van der Waals surface area contributed by atoms with Gasteiger partial charge in [0.05, 0.1) is 6.20 Å². The number of anilines is 1. The summed E-state index contributed by atoms with van der Waals surface area (Å²) in [6.07, 6.45) is 2.87. The van der Waals surface area contributed by atoms with Gasteiger partial charge in [0.1, 0.15) is 10.9 Å². The third kappa shape index (κ3) is 2.67. The first kappa shape index (κ1) is 10.4. The number of nitriles is 1. The van der Waals surface area contributed by atoms with Gasteiger partial charge in [-0.25, -0.2) is 4.98 Å². The van der Waals surface area contributed by atoms with Gasteiger partial charge in [-0.1, -0.05) is 11.3 Å². The molecule has 2 heterocycles. The zero-order valence-corrected chi connectivity index (χ0v) is 9.55. The molecule has 1 aliphatic heterocycles. The number of nitrogens with zero attached hydrogens (tertiary/aromatic N) is 3. The van der Waals surface area contributed by atoms with E-state index in [1.165, 1.54) is 24.3 Å². The van der Waals surface area contributed by atoms with E-state index in [0.717, 1.165) is 18.2 Å². The Morgan fingerprint density at radius 1 is 1.80 bits per heavy atom. The maximum Gasteiger partial charge on any atom is 0.183 e. The van der Waals surface area contributed by atoms with Gasteiger partial charge < -0.3 is 10.2 Å². The van der Waals surface area contributed by atoms with Crippen LogP contribution in [0.4, 0.5) is 5.13 Å². The zero-order chi connectivity index (χ0) is 10.7. The smallest absolute Gasteiger partial charge is 0.183 e. The van der Waals surface area contributed by atoms with Crippen molar-refractivity contribution >= 4 is 16.5 Å². The van der Waals surface area contributed by atoms with Gasteiger partial charge in [-0.2, -0.15) is 5.26 Å². The highest BCUT2D eigenvalue weighted by atomic mass is 32.1. The normalized spacial score (nSPS) is 21.5. The quantitative estimate of drug-likeness (QED) is 0.839. The summed E-state index contributed by atoms with van der Waals surface area (Å²) in [6.45, 7) is 3.31. The van der Waals surface area contributed by atoms with E-state index in [1.54, 1.807) is 6.20 Å². The summed E-state index contributed by atoms with van der Waals surface area (Å²) < 4.78 is 0. The molecular weight excluding hydrogens is 208 g/mol. The first-order valence-electron chi connectivity index (χ1n) is 5.06. The van der Waals surface area contributed by atoms with E-state index in [1.807, 2.05) is 0 Å². The van der Waals surface area contributed by atoms with Crippen LogP contribution >= 0.6 is 11.3 Å². The second-order valence-electron chi connectivity index (χ2n) is 3.94. The SMILES string of the molecule is CN1CCC(CNc2ncc(C#N)s2)C1. The van der Waals surface area contributed by atoms with Crippen molar-refractivity contribution < 1.29 is 0 Å². The maximum atomic E-state index is 8.65. The van der Waals surface area contributed by atoms with Gasteiger partial charge in [-0.05, 0) is 25.9 Å². The molecule has 0 amide bonds. The lowest BCUT2D eigenvalue weighted by atomic mass is 10.1. The topological polar surface area (TPSA) is 52.0 Å². The molecule has 80 valence electrons. The number of nitrogens with one attached hydrogen (secondary N) is 1. The molecule has 1 aromatic heterocycles. The monoisotopic (exact) mass is 222 g/mol. The number of thiazole rings is 1. The van der Waals surface area contributed by atoms with Crippen LogP contribution in [0.3, 0.4) is 0 Å². The number of hydrogen-bond donors (Lipinski definition) is 1. The molecule has 1 N–H and O–H groups in total. The van der Waals surface area contributed by atoms with Crippen LogP contribution in [0.1, 0.15) is 11.3 Å². The van der Waals surface area contributed by atoms with Crippen molar-refractivity contribution in [2.75, 3.05) is 32.0 Å². The van der Waals surface area contributed by atoms with E-state index in [-0.39, 0.29) is 0 Å². The fraction of sp³-hybridized carbons (Fsp3) is 0.600. The van der Waals surface area contributed by atoms with Gasteiger partial charge in [0.15, 0.2) is 5.13 Å². The molecule has 5 heteroatoms. The van der Waals surface area contributed by atoms with Crippen LogP contribution in [0.15, 0.2) is 6.20 Å². The fourth-order valence-electron chi connectivity index (χ4n) is 1.83. The molecule has 15 heavy (non-hydrogen) atoms. The van der Waals surface area contributed by atoms with Crippen LogP contribution < -0.4 is 5.32 Å². The number of likely N-dealkylation sites (tertiary alicyclic amines) is 1. The highest BCUT2D eigenvalue weighted by molar-refractivity contribution is 7.16. The second-order valence-corrected chi connectivity index (χ2v) is 4.97. The highest BCUT2D eigenvalue weighted by Gasteiger charge is 2.19. The maximum absolute atomic E-state index is 8.65. The number of rotatable bonds is 3. The summed E-state index contributed by atoms with van der Waals surface area (Å²) >= 11 is 1.42. The van der Waals surface area contributed by atoms with E-state index in [2.05, 4.69) is 28.3 Å². The van der Waals surface area contributed by atoms with Crippen molar-refractivity contribution in [3.63, 3.8) is 0 Å². The summed E-state index contributed by atoms with van der Waals surface area (Å²) in [4.78, 5) is 7.15. The molecule has 0 aliphatic carbocycles. The molecule has 0 saturated carbocycles. The Hall–Kier alpha value is -1.12. The van der Waals surface area contributed by atoms with Gasteiger partial charge >= 0.3 is 0 Å². The summed E-state index contributed by atoms with van der Waals surface area (Å²) in [6, 6.07) is 2.09. The van der Waals surface area contributed by atoms with Crippen LogP contribution in [-0.2, 0) is 0 Å². The van der Waals surface area contributed by atoms with Crippen LogP contribution in [0.5, 0.6) is 0 Å². The minimum absolute atomic E-state index is 0.668. The fourth-order valence-corrected chi connectivity index (χ4v) is 2.45. The van der Waals surface area contributed by atoms with Gasteiger partial charge in [0.2, 0.25) is 0 Å². The molecule has 1 unspecified atom stereocenters. The van der Waals surface area contributed by atoms with Gasteiger partial charge in [0.25, 0.3) is 0 Å². The van der Waals surface area contributed by atoms with Crippen molar-refractivity contribution in [2.45, 2.75) is 6.42 Å². The molecule has 2 rings (SSSR count). The summed E-state index contributed by atoms with van der Waals surface area (Å²) in [5, 5.41) is 12.8. The third-order valence-electron chi connectivity index (χ3n) is 2.65. The Bertz CT molecular complexity index is 368. The summed E-state index contributed by atoms with van der Waals surface area (Å²) in [7, 11) is 2.15. The van der Waals surface area contributed by atoms with E-state index >= 15 is 0 Å². The van der Waals surface area contributed by atoms with Crippen molar-refractivity contribution in [1.29, 1.82) is 5.26 Å². The van der Waals surface area contributed by atoms with Crippen molar-refractivity contribution in [3.05, 3.63) is 11.1 Å². The lowest BCUT2D eigenvalue weighted by Crippen LogP contribution is -2.18. The summed E-state index contributed by atoms with van der Waals surface area (Å²) in [5.74, 6) is 0.712. The molecule has 0 bridgehead atoms. The average molecular weight is 222 g/mol. The Labute approximate surface area is 93.5 Å². The third-order valence-corrected chi connectivity index (χ3v) is 3.51. The molecule has 0 radical (unpaired) electrons. The van der Waals surface area contributed by atoms with Crippen molar-refractivity contribution in [1.82, 2.24) is 9.88 Å². The minimum Gasteiger partial charge on any atom is -0.361 e.